The van der Waals surface area contributed by atoms with Crippen LogP contribution in [0.15, 0.2) is 14.1 Å². The minimum absolute atomic E-state index is 0.0565. The molecule has 0 aliphatic rings. The van der Waals surface area contributed by atoms with E-state index in [4.69, 9.17) is 4.74 Å². The summed E-state index contributed by atoms with van der Waals surface area (Å²) in [4.78, 5) is 30.1. The summed E-state index contributed by atoms with van der Waals surface area (Å²) in [6.45, 7) is 9.88. The molecule has 1 aromatic rings. The fourth-order valence-electron chi connectivity index (χ4n) is 1.26. The fourth-order valence-corrected chi connectivity index (χ4v) is 4.62. The number of hydrogen-bond donors (Lipinski definition) is 1. The Morgan fingerprint density at radius 1 is 1.17 bits per heavy atom. The number of nitrogens with one attached hydrogen (secondary N) is 1. The molecule has 0 amide bonds. The molecule has 1 aromatic heterocycles. The third-order valence-electron chi connectivity index (χ3n) is 2.42. The van der Waals surface area contributed by atoms with Crippen molar-refractivity contribution in [3.8, 4) is 0 Å². The van der Waals surface area contributed by atoms with Crippen LogP contribution in [0.5, 0.6) is 0 Å². The van der Waals surface area contributed by atoms with E-state index in [2.05, 4.69) is 20.8 Å². The van der Waals surface area contributed by atoms with Crippen LogP contribution < -0.4 is 4.89 Å². The summed E-state index contributed by atoms with van der Waals surface area (Å²) in [5.41, 5.74) is -1.49. The van der Waals surface area contributed by atoms with Crippen LogP contribution in [0.25, 0.3) is 0 Å². The zero-order chi connectivity index (χ0) is 18.9. The van der Waals surface area contributed by atoms with E-state index in [1.54, 1.807) is 46.4 Å². The summed E-state index contributed by atoms with van der Waals surface area (Å²) in [6.07, 6.45) is 0. The van der Waals surface area contributed by atoms with Crippen molar-refractivity contribution in [1.82, 2.24) is 4.89 Å². The van der Waals surface area contributed by atoms with Gasteiger partial charge in [-0.05, 0) is 62.4 Å². The summed E-state index contributed by atoms with van der Waals surface area (Å²) < 4.78 is 29.6. The van der Waals surface area contributed by atoms with Gasteiger partial charge in [-0.25, -0.2) is 18.0 Å². The Hall–Kier alpha value is -0.970. The maximum absolute atomic E-state index is 12.2. The summed E-state index contributed by atoms with van der Waals surface area (Å²) in [6, 6.07) is 0. The Morgan fingerprint density at radius 2 is 1.71 bits per heavy atom. The predicted octanol–water partition coefficient (Wildman–Crippen LogP) is 3.25. The van der Waals surface area contributed by atoms with Crippen molar-refractivity contribution in [2.24, 2.45) is 5.41 Å². The van der Waals surface area contributed by atoms with Crippen molar-refractivity contribution < 1.29 is 27.6 Å². The van der Waals surface area contributed by atoms with E-state index < -0.39 is 33.0 Å². The quantitative estimate of drug-likeness (QED) is 0.568. The molecule has 1 N–H and O–H groups in total. The first-order valence-electron chi connectivity index (χ1n) is 6.88. The van der Waals surface area contributed by atoms with E-state index in [1.807, 2.05) is 0 Å². The van der Waals surface area contributed by atoms with Crippen molar-refractivity contribution >= 4 is 49.2 Å². The lowest BCUT2D eigenvalue weighted by Gasteiger charge is -2.19. The second-order valence-electron chi connectivity index (χ2n) is 6.98. The molecule has 0 aliphatic heterocycles. The lowest BCUT2D eigenvalue weighted by Crippen LogP contribution is -2.33. The molecule has 0 spiro atoms. The summed E-state index contributed by atoms with van der Waals surface area (Å²) in [7, 11) is -4.13. The highest BCUT2D eigenvalue weighted by Crippen LogP contribution is 2.33. The van der Waals surface area contributed by atoms with E-state index in [0.717, 1.165) is 11.3 Å². The Balaban J connectivity index is 2.99. The van der Waals surface area contributed by atoms with E-state index in [-0.39, 0.29) is 14.2 Å². The second kappa shape index (κ2) is 7.11. The Labute approximate surface area is 153 Å². The first-order valence-corrected chi connectivity index (χ1v) is 10.0. The predicted molar refractivity (Wildman–Crippen MR) is 93.1 cm³/mol. The maximum Gasteiger partial charge on any atom is 0.340 e. The van der Waals surface area contributed by atoms with Gasteiger partial charge in [-0.2, -0.15) is 0 Å². The molecule has 10 heteroatoms. The number of thiophene rings is 1. The summed E-state index contributed by atoms with van der Waals surface area (Å²) in [5.74, 6) is -1.38. The molecule has 0 unspecified atom stereocenters. The van der Waals surface area contributed by atoms with Gasteiger partial charge in [-0.15, -0.1) is 11.3 Å². The van der Waals surface area contributed by atoms with Crippen molar-refractivity contribution in [3.05, 3.63) is 15.4 Å². The molecule has 0 bridgehead atoms. The highest BCUT2D eigenvalue weighted by Gasteiger charge is 2.30. The monoisotopic (exact) mass is 441 g/mol. The van der Waals surface area contributed by atoms with E-state index in [1.165, 1.54) is 5.38 Å². The lowest BCUT2D eigenvalue weighted by molar-refractivity contribution is -0.156. The van der Waals surface area contributed by atoms with Crippen molar-refractivity contribution in [3.63, 3.8) is 0 Å². The molecule has 0 saturated carbocycles. The fraction of sp³-hybridized carbons (Fsp3) is 0.571. The maximum atomic E-state index is 12.2. The number of ether oxygens (including phenoxy) is 1. The molecule has 0 aromatic carbocycles. The first kappa shape index (κ1) is 21.1. The highest BCUT2D eigenvalue weighted by molar-refractivity contribution is 9.10. The van der Waals surface area contributed by atoms with Crippen LogP contribution in [0.4, 0.5) is 0 Å². The topological polar surface area (TPSA) is 98.8 Å². The molecule has 7 nitrogen and oxygen atoms in total. The summed E-state index contributed by atoms with van der Waals surface area (Å²) in [5, 5.41) is 1.36. The third kappa shape index (κ3) is 5.54. The molecular weight excluding hydrogens is 422 g/mol. The van der Waals surface area contributed by atoms with Crippen LogP contribution >= 0.6 is 27.3 Å². The molecule has 0 radical (unpaired) electrons. The standard InChI is InChI=1S/C14H20BrNO6S2/c1-13(2,3)12(18)22-16-24(19,20)11-9(15)8(7-23-11)10(17)21-14(4,5)6/h7,16H,1-6H3. The molecule has 136 valence electrons. The number of rotatable bonds is 4. The smallest absolute Gasteiger partial charge is 0.340 e. The van der Waals surface area contributed by atoms with Gasteiger partial charge in [-0.1, -0.05) is 0 Å². The number of carbonyl (C=O) groups is 2. The van der Waals surface area contributed by atoms with Gasteiger partial charge in [0.15, 0.2) is 4.21 Å². The number of hydrogen-bond acceptors (Lipinski definition) is 7. The van der Waals surface area contributed by atoms with Crippen LogP contribution in [0.3, 0.4) is 0 Å². The minimum Gasteiger partial charge on any atom is -0.456 e. The van der Waals surface area contributed by atoms with Crippen LogP contribution in [0, 0.1) is 5.41 Å². The Kier molecular flexibility index (Phi) is 6.24. The van der Waals surface area contributed by atoms with Crippen molar-refractivity contribution in [2.45, 2.75) is 51.4 Å². The van der Waals surface area contributed by atoms with Crippen LogP contribution in [0.2, 0.25) is 0 Å². The Morgan fingerprint density at radius 3 is 2.17 bits per heavy atom. The van der Waals surface area contributed by atoms with E-state index in [0.29, 0.717) is 0 Å². The van der Waals surface area contributed by atoms with Gasteiger partial charge in [-0.3, -0.25) is 0 Å². The van der Waals surface area contributed by atoms with Crippen molar-refractivity contribution in [2.75, 3.05) is 0 Å². The average molecular weight is 442 g/mol. The van der Waals surface area contributed by atoms with E-state index >= 15 is 0 Å². The van der Waals surface area contributed by atoms with Crippen LogP contribution in [0.1, 0.15) is 51.9 Å². The van der Waals surface area contributed by atoms with Gasteiger partial charge < -0.3 is 9.57 Å². The molecule has 24 heavy (non-hydrogen) atoms. The van der Waals surface area contributed by atoms with Crippen LogP contribution in [-0.4, -0.2) is 26.0 Å². The average Bonchev–Trinajstić information content (AvgIpc) is 2.75. The zero-order valence-corrected chi connectivity index (χ0v) is 17.4. The van der Waals surface area contributed by atoms with Crippen LogP contribution in [-0.2, 0) is 24.4 Å². The van der Waals surface area contributed by atoms with Gasteiger partial charge >= 0.3 is 11.9 Å². The second-order valence-corrected chi connectivity index (χ2v) is 10.5. The number of halogens is 1. The van der Waals surface area contributed by atoms with Gasteiger partial charge in [0.25, 0.3) is 10.0 Å². The first-order chi connectivity index (χ1) is 10.6. The molecule has 1 heterocycles. The molecule has 0 atom stereocenters. The molecule has 0 aliphatic carbocycles. The molecule has 1 rings (SSSR count). The summed E-state index contributed by atoms with van der Waals surface area (Å²) >= 11 is 3.90. The minimum atomic E-state index is -4.13. The van der Waals surface area contributed by atoms with Gasteiger partial charge in [0.05, 0.1) is 15.5 Å². The van der Waals surface area contributed by atoms with Gasteiger partial charge in [0, 0.05) is 5.38 Å². The largest absolute Gasteiger partial charge is 0.456 e. The molecule has 0 fully saturated rings. The van der Waals surface area contributed by atoms with E-state index in [9.17, 15) is 18.0 Å². The zero-order valence-electron chi connectivity index (χ0n) is 14.2. The SMILES string of the molecule is CC(C)(C)OC(=O)c1csc(S(=O)(=O)NOC(=O)C(C)(C)C)c1Br. The molecular formula is C14H20BrNO6S2. The van der Waals surface area contributed by atoms with Gasteiger partial charge in [0.2, 0.25) is 0 Å². The van der Waals surface area contributed by atoms with Gasteiger partial charge in [0.1, 0.15) is 5.60 Å². The normalized spacial score (nSPS) is 12.8. The molecule has 0 saturated heterocycles. The lowest BCUT2D eigenvalue weighted by atomic mass is 9.98. The highest BCUT2D eigenvalue weighted by atomic mass is 79.9. The number of carbonyl (C=O) groups excluding carboxylic acids is 2. The van der Waals surface area contributed by atoms with Crippen molar-refractivity contribution in [1.29, 1.82) is 0 Å². The third-order valence-corrected chi connectivity index (χ3v) is 6.48. The Bertz CT molecular complexity index is 740. The number of sulfonamides is 1. The number of esters is 1.